The number of thioether (sulfide) groups is 1. The van der Waals surface area contributed by atoms with Crippen LogP contribution in [0.3, 0.4) is 0 Å². The van der Waals surface area contributed by atoms with Crippen molar-refractivity contribution in [3.05, 3.63) is 48.0 Å². The summed E-state index contributed by atoms with van der Waals surface area (Å²) in [5.41, 5.74) is 2.08. The third-order valence-corrected chi connectivity index (χ3v) is 5.65. The van der Waals surface area contributed by atoms with Crippen LogP contribution >= 0.6 is 11.8 Å². The first-order valence-electron chi connectivity index (χ1n) is 9.04. The van der Waals surface area contributed by atoms with Gasteiger partial charge >= 0.3 is 0 Å². The van der Waals surface area contributed by atoms with E-state index in [9.17, 15) is 4.79 Å². The molecule has 1 aliphatic heterocycles. The smallest absolute Gasteiger partial charge is 0.237 e. The van der Waals surface area contributed by atoms with Crippen molar-refractivity contribution in [3.8, 4) is 11.5 Å². The van der Waals surface area contributed by atoms with Crippen LogP contribution < -0.4 is 14.8 Å². The van der Waals surface area contributed by atoms with Crippen molar-refractivity contribution in [1.29, 1.82) is 0 Å². The predicted molar refractivity (Wildman–Crippen MR) is 107 cm³/mol. The maximum atomic E-state index is 12.7. The van der Waals surface area contributed by atoms with Crippen LogP contribution in [0.25, 0.3) is 0 Å². The SMILES string of the molecule is CC[C@@H](C)c1ccccc1NC(=O)[C@H](C)Sc1ccc2c(c1)OCCO2. The van der Waals surface area contributed by atoms with Gasteiger partial charge in [-0.05, 0) is 49.1 Å². The van der Waals surface area contributed by atoms with Gasteiger partial charge < -0.3 is 14.8 Å². The Bertz CT molecular complexity index is 778. The molecule has 3 rings (SSSR count). The van der Waals surface area contributed by atoms with Crippen LogP contribution in [0.5, 0.6) is 11.5 Å². The van der Waals surface area contributed by atoms with E-state index < -0.39 is 0 Å². The Morgan fingerprint density at radius 1 is 1.12 bits per heavy atom. The quantitative estimate of drug-likeness (QED) is 0.719. The fraction of sp³-hybridized carbons (Fsp3) is 0.381. The van der Waals surface area contributed by atoms with Gasteiger partial charge in [-0.3, -0.25) is 4.79 Å². The topological polar surface area (TPSA) is 47.6 Å². The number of carbonyl (C=O) groups excluding carboxylic acids is 1. The van der Waals surface area contributed by atoms with Crippen LogP contribution in [0.1, 0.15) is 38.7 Å². The van der Waals surface area contributed by atoms with E-state index >= 15 is 0 Å². The van der Waals surface area contributed by atoms with Gasteiger partial charge in [-0.15, -0.1) is 11.8 Å². The summed E-state index contributed by atoms with van der Waals surface area (Å²) in [5.74, 6) is 1.92. The van der Waals surface area contributed by atoms with Crippen LogP contribution in [-0.4, -0.2) is 24.4 Å². The van der Waals surface area contributed by atoms with Crippen LogP contribution in [0.15, 0.2) is 47.4 Å². The first-order chi connectivity index (χ1) is 12.6. The number of ether oxygens (including phenoxy) is 2. The summed E-state index contributed by atoms with van der Waals surface area (Å²) >= 11 is 1.52. The van der Waals surface area contributed by atoms with E-state index in [2.05, 4.69) is 25.2 Å². The van der Waals surface area contributed by atoms with Crippen molar-refractivity contribution in [2.45, 2.75) is 43.3 Å². The molecule has 2 aromatic carbocycles. The molecule has 2 aromatic rings. The van der Waals surface area contributed by atoms with Crippen LogP contribution in [0.2, 0.25) is 0 Å². The summed E-state index contributed by atoms with van der Waals surface area (Å²) in [5, 5.41) is 2.87. The van der Waals surface area contributed by atoms with E-state index in [1.54, 1.807) is 0 Å². The molecule has 5 heteroatoms. The number of nitrogens with one attached hydrogen (secondary N) is 1. The Balaban J connectivity index is 1.67. The van der Waals surface area contributed by atoms with E-state index in [1.165, 1.54) is 17.3 Å². The number of hydrogen-bond acceptors (Lipinski definition) is 4. The molecule has 0 aromatic heterocycles. The zero-order valence-electron chi connectivity index (χ0n) is 15.5. The molecular formula is C21H25NO3S. The summed E-state index contributed by atoms with van der Waals surface area (Å²) in [6.45, 7) is 7.39. The summed E-state index contributed by atoms with van der Waals surface area (Å²) in [6, 6.07) is 13.8. The maximum Gasteiger partial charge on any atom is 0.237 e. The fourth-order valence-corrected chi connectivity index (χ4v) is 3.75. The summed E-state index contributed by atoms with van der Waals surface area (Å²) in [7, 11) is 0. The number of amides is 1. The molecule has 0 unspecified atom stereocenters. The van der Waals surface area contributed by atoms with Gasteiger partial charge in [-0.1, -0.05) is 32.0 Å². The number of benzene rings is 2. The van der Waals surface area contributed by atoms with E-state index in [-0.39, 0.29) is 11.2 Å². The molecule has 0 spiro atoms. The lowest BCUT2D eigenvalue weighted by molar-refractivity contribution is -0.115. The second-order valence-corrected chi connectivity index (χ2v) is 7.87. The molecule has 26 heavy (non-hydrogen) atoms. The number of anilines is 1. The molecule has 0 fully saturated rings. The number of carbonyl (C=O) groups is 1. The van der Waals surface area contributed by atoms with Crippen molar-refractivity contribution in [1.82, 2.24) is 0 Å². The lowest BCUT2D eigenvalue weighted by atomic mass is 9.97. The second-order valence-electron chi connectivity index (χ2n) is 6.45. The second kappa shape index (κ2) is 8.49. The molecule has 1 N–H and O–H groups in total. The largest absolute Gasteiger partial charge is 0.486 e. The Kier molecular flexibility index (Phi) is 6.09. The average molecular weight is 372 g/mol. The molecule has 4 nitrogen and oxygen atoms in total. The Morgan fingerprint density at radius 3 is 2.62 bits per heavy atom. The first-order valence-corrected chi connectivity index (χ1v) is 9.92. The highest BCUT2D eigenvalue weighted by Crippen LogP contribution is 2.36. The average Bonchev–Trinajstić information content (AvgIpc) is 2.67. The number of hydrogen-bond donors (Lipinski definition) is 1. The minimum atomic E-state index is -0.220. The molecule has 138 valence electrons. The van der Waals surface area contributed by atoms with Gasteiger partial charge in [0.15, 0.2) is 11.5 Å². The lowest BCUT2D eigenvalue weighted by Crippen LogP contribution is -2.23. The highest BCUT2D eigenvalue weighted by Gasteiger charge is 2.19. The van der Waals surface area contributed by atoms with Crippen molar-refractivity contribution < 1.29 is 14.3 Å². The molecule has 2 atom stereocenters. The van der Waals surface area contributed by atoms with Crippen molar-refractivity contribution in [2.24, 2.45) is 0 Å². The predicted octanol–water partition coefficient (Wildman–Crippen LogP) is 5.09. The molecule has 1 aliphatic rings. The Hall–Kier alpha value is -2.14. The molecule has 1 heterocycles. The molecule has 0 saturated heterocycles. The van der Waals surface area contributed by atoms with Gasteiger partial charge in [0.1, 0.15) is 13.2 Å². The van der Waals surface area contributed by atoms with Gasteiger partial charge in [-0.2, -0.15) is 0 Å². The van der Waals surface area contributed by atoms with Crippen molar-refractivity contribution in [3.63, 3.8) is 0 Å². The third kappa shape index (κ3) is 4.33. The highest BCUT2D eigenvalue weighted by atomic mass is 32.2. The maximum absolute atomic E-state index is 12.7. The van der Waals surface area contributed by atoms with E-state index in [0.717, 1.165) is 28.5 Å². The van der Waals surface area contributed by atoms with Crippen LogP contribution in [0, 0.1) is 0 Å². The molecular weight excluding hydrogens is 346 g/mol. The number of rotatable bonds is 6. The van der Waals surface area contributed by atoms with E-state index in [0.29, 0.717) is 19.1 Å². The molecule has 0 bridgehead atoms. The zero-order chi connectivity index (χ0) is 18.5. The monoisotopic (exact) mass is 371 g/mol. The van der Waals surface area contributed by atoms with Crippen molar-refractivity contribution in [2.75, 3.05) is 18.5 Å². The highest BCUT2D eigenvalue weighted by molar-refractivity contribution is 8.00. The number of fused-ring (bicyclic) bond motifs is 1. The van der Waals surface area contributed by atoms with Gasteiger partial charge in [0.2, 0.25) is 5.91 Å². The molecule has 0 radical (unpaired) electrons. The van der Waals surface area contributed by atoms with Gasteiger partial charge in [0, 0.05) is 10.6 Å². The van der Waals surface area contributed by atoms with Crippen molar-refractivity contribution >= 4 is 23.4 Å². The summed E-state index contributed by atoms with van der Waals surface area (Å²) in [6.07, 6.45) is 1.04. The minimum absolute atomic E-state index is 0.000595. The lowest BCUT2D eigenvalue weighted by Gasteiger charge is -2.20. The van der Waals surface area contributed by atoms with Crippen LogP contribution in [-0.2, 0) is 4.79 Å². The minimum Gasteiger partial charge on any atom is -0.486 e. The summed E-state index contributed by atoms with van der Waals surface area (Å²) < 4.78 is 11.2. The number of para-hydroxylation sites is 1. The first kappa shape index (κ1) is 18.6. The van der Waals surface area contributed by atoms with Gasteiger partial charge in [-0.25, -0.2) is 0 Å². The third-order valence-electron chi connectivity index (χ3n) is 4.56. The van der Waals surface area contributed by atoms with Gasteiger partial charge in [0.25, 0.3) is 0 Å². The molecule has 1 amide bonds. The standard InChI is InChI=1S/C21H25NO3S/c1-4-14(2)17-7-5-6-8-18(17)22-21(23)15(3)26-16-9-10-19-20(13-16)25-12-11-24-19/h5-10,13-15H,4,11-12H2,1-3H3,(H,22,23)/t14-,15+/m1/s1. The molecule has 0 aliphatic carbocycles. The van der Waals surface area contributed by atoms with Gasteiger partial charge in [0.05, 0.1) is 5.25 Å². The van der Waals surface area contributed by atoms with E-state index in [4.69, 9.17) is 9.47 Å². The fourth-order valence-electron chi connectivity index (χ4n) is 2.85. The Morgan fingerprint density at radius 2 is 1.85 bits per heavy atom. The van der Waals surface area contributed by atoms with E-state index in [1.807, 2.05) is 43.3 Å². The molecule has 0 saturated carbocycles. The van der Waals surface area contributed by atoms with Crippen LogP contribution in [0.4, 0.5) is 5.69 Å². The Labute approximate surface area is 159 Å². The summed E-state index contributed by atoms with van der Waals surface area (Å²) in [4.78, 5) is 13.7. The normalized spacial score (nSPS) is 15.2. The zero-order valence-corrected chi connectivity index (χ0v) is 16.3.